The summed E-state index contributed by atoms with van der Waals surface area (Å²) in [5.41, 5.74) is 2.98. The number of hydrogen-bond donors (Lipinski definition) is 0. The molecule has 0 N–H and O–H groups in total. The first-order valence-corrected chi connectivity index (χ1v) is 6.30. The van der Waals surface area contributed by atoms with Crippen molar-refractivity contribution in [2.45, 2.75) is 13.5 Å². The lowest BCUT2D eigenvalue weighted by Crippen LogP contribution is -3.00. The highest BCUT2D eigenvalue weighted by Gasteiger charge is 2.16. The van der Waals surface area contributed by atoms with Crippen LogP contribution in [0.25, 0.3) is 5.52 Å². The van der Waals surface area contributed by atoms with Crippen molar-refractivity contribution in [1.82, 2.24) is 4.40 Å². The second-order valence-corrected chi connectivity index (χ2v) is 4.60. The van der Waals surface area contributed by atoms with Crippen molar-refractivity contribution in [3.63, 3.8) is 0 Å². The highest BCUT2D eigenvalue weighted by Crippen LogP contribution is 2.07. The number of fused-ring (bicyclic) bond motifs is 1. The molecule has 1 aromatic carbocycles. The Morgan fingerprint density at radius 2 is 1.85 bits per heavy atom. The van der Waals surface area contributed by atoms with Gasteiger partial charge in [-0.05, 0) is 12.1 Å². The molecule has 0 spiro atoms. The van der Waals surface area contributed by atoms with Gasteiger partial charge in [-0.25, -0.2) is 0 Å². The minimum absolute atomic E-state index is 0. The number of nitrogens with zero attached hydrogens (tertiary/aromatic N) is 2. The van der Waals surface area contributed by atoms with Gasteiger partial charge in [0.05, 0.1) is 6.20 Å². The molecule has 0 unspecified atom stereocenters. The standard InChI is InChI=1S/C16H15N2O.BrH/c1-13-15-8-5-9-17(15)10-11-18(13)12-16(19)14-6-3-2-4-7-14;/h2-11H,12H2,1H3;1H/q+1;/p-1. The molecule has 0 saturated carbocycles. The first-order chi connectivity index (χ1) is 9.25. The molecule has 0 aliphatic rings. The van der Waals surface area contributed by atoms with Crippen LogP contribution < -0.4 is 21.5 Å². The molecule has 0 saturated heterocycles. The molecule has 2 heterocycles. The maximum absolute atomic E-state index is 12.2. The second-order valence-electron chi connectivity index (χ2n) is 4.60. The van der Waals surface area contributed by atoms with Gasteiger partial charge in [-0.15, -0.1) is 0 Å². The molecule has 0 bridgehead atoms. The number of benzene rings is 1. The molecule has 0 amide bonds. The molecule has 0 aliphatic carbocycles. The van der Waals surface area contributed by atoms with E-state index >= 15 is 0 Å². The van der Waals surface area contributed by atoms with E-state index < -0.39 is 0 Å². The number of ketones is 1. The zero-order valence-electron chi connectivity index (χ0n) is 11.2. The summed E-state index contributed by atoms with van der Waals surface area (Å²) in [7, 11) is 0. The first-order valence-electron chi connectivity index (χ1n) is 6.30. The van der Waals surface area contributed by atoms with E-state index in [0.29, 0.717) is 6.54 Å². The van der Waals surface area contributed by atoms with Gasteiger partial charge in [0.1, 0.15) is 5.52 Å². The second kappa shape index (κ2) is 6.01. The third kappa shape index (κ3) is 2.65. The van der Waals surface area contributed by atoms with Gasteiger partial charge >= 0.3 is 0 Å². The number of Topliss-reactive ketones (excluding diaryl/α,β-unsaturated/α-hetero) is 1. The van der Waals surface area contributed by atoms with E-state index in [9.17, 15) is 4.79 Å². The van der Waals surface area contributed by atoms with E-state index in [-0.39, 0.29) is 22.8 Å². The molecule has 0 fully saturated rings. The van der Waals surface area contributed by atoms with Crippen LogP contribution >= 0.6 is 0 Å². The number of aromatic nitrogens is 2. The Hall–Kier alpha value is -1.94. The Bertz CT molecular complexity index is 735. The number of halogens is 1. The predicted molar refractivity (Wildman–Crippen MR) is 73.1 cm³/mol. The Balaban J connectivity index is 0.00000147. The molecule has 2 aromatic heterocycles. The van der Waals surface area contributed by atoms with E-state index in [0.717, 1.165) is 16.8 Å². The van der Waals surface area contributed by atoms with E-state index in [2.05, 4.69) is 10.5 Å². The molecule has 0 atom stereocenters. The smallest absolute Gasteiger partial charge is 0.227 e. The number of hydrogen-bond acceptors (Lipinski definition) is 1. The van der Waals surface area contributed by atoms with Crippen molar-refractivity contribution in [2.75, 3.05) is 0 Å². The average Bonchev–Trinajstić information content (AvgIpc) is 2.92. The SMILES string of the molecule is Cc1c2cccn2cc[n+]1CC(=O)c1ccccc1.[Br-]. The van der Waals surface area contributed by atoms with Crippen LogP contribution in [0.3, 0.4) is 0 Å². The molecule has 3 aromatic rings. The van der Waals surface area contributed by atoms with Crippen LogP contribution in [0.4, 0.5) is 0 Å². The average molecular weight is 331 g/mol. The van der Waals surface area contributed by atoms with Crippen molar-refractivity contribution in [2.24, 2.45) is 0 Å². The zero-order valence-corrected chi connectivity index (χ0v) is 12.7. The Morgan fingerprint density at radius 3 is 2.60 bits per heavy atom. The molecule has 0 aliphatic heterocycles. The van der Waals surface area contributed by atoms with Crippen LogP contribution in [0, 0.1) is 6.92 Å². The Morgan fingerprint density at radius 1 is 1.10 bits per heavy atom. The van der Waals surface area contributed by atoms with Gasteiger partial charge in [0, 0.05) is 18.7 Å². The fraction of sp³-hybridized carbons (Fsp3) is 0.125. The topological polar surface area (TPSA) is 25.4 Å². The lowest BCUT2D eigenvalue weighted by atomic mass is 10.1. The van der Waals surface area contributed by atoms with Crippen molar-refractivity contribution in [1.29, 1.82) is 0 Å². The number of rotatable bonds is 3. The minimum atomic E-state index is 0. The summed E-state index contributed by atoms with van der Waals surface area (Å²) in [6.07, 6.45) is 5.93. The van der Waals surface area contributed by atoms with Gasteiger partial charge in [0.2, 0.25) is 18.0 Å². The fourth-order valence-corrected chi connectivity index (χ4v) is 2.28. The van der Waals surface area contributed by atoms with Crippen molar-refractivity contribution in [3.8, 4) is 0 Å². The molecular weight excluding hydrogens is 316 g/mol. The highest BCUT2D eigenvalue weighted by atomic mass is 79.9. The van der Waals surface area contributed by atoms with Gasteiger partial charge < -0.3 is 21.4 Å². The summed E-state index contributed by atoms with van der Waals surface area (Å²) >= 11 is 0. The first kappa shape index (κ1) is 14.5. The molecular formula is C16H15BrN2O. The summed E-state index contributed by atoms with van der Waals surface area (Å²) in [5, 5.41) is 0. The van der Waals surface area contributed by atoms with Gasteiger partial charge in [-0.2, -0.15) is 4.57 Å². The maximum atomic E-state index is 12.2. The molecule has 4 heteroatoms. The maximum Gasteiger partial charge on any atom is 0.227 e. The Kier molecular flexibility index (Phi) is 4.35. The summed E-state index contributed by atoms with van der Waals surface area (Å²) < 4.78 is 4.05. The van der Waals surface area contributed by atoms with E-state index in [4.69, 9.17) is 0 Å². The van der Waals surface area contributed by atoms with E-state index in [1.165, 1.54) is 0 Å². The molecule has 102 valence electrons. The van der Waals surface area contributed by atoms with E-state index in [1.54, 1.807) is 0 Å². The number of carbonyl (C=O) groups is 1. The minimum Gasteiger partial charge on any atom is -1.00 e. The third-order valence-corrected chi connectivity index (χ3v) is 3.40. The monoisotopic (exact) mass is 330 g/mol. The lowest BCUT2D eigenvalue weighted by molar-refractivity contribution is -0.688. The molecule has 20 heavy (non-hydrogen) atoms. The summed E-state index contributed by atoms with van der Waals surface area (Å²) in [4.78, 5) is 12.2. The van der Waals surface area contributed by atoms with Crippen LogP contribution in [0.5, 0.6) is 0 Å². The van der Waals surface area contributed by atoms with Gasteiger partial charge in [-0.1, -0.05) is 30.3 Å². The van der Waals surface area contributed by atoms with Crippen molar-refractivity contribution >= 4 is 11.3 Å². The van der Waals surface area contributed by atoms with Gasteiger partial charge in [-0.3, -0.25) is 4.79 Å². The van der Waals surface area contributed by atoms with E-state index in [1.807, 2.05) is 66.5 Å². The van der Waals surface area contributed by atoms with Gasteiger partial charge in [0.25, 0.3) is 0 Å². The van der Waals surface area contributed by atoms with Crippen LogP contribution in [0.2, 0.25) is 0 Å². The quantitative estimate of drug-likeness (QED) is 0.466. The van der Waals surface area contributed by atoms with Crippen molar-refractivity contribution in [3.05, 3.63) is 72.3 Å². The number of aryl methyl sites for hydroxylation is 1. The van der Waals surface area contributed by atoms with Crippen LogP contribution in [-0.2, 0) is 6.54 Å². The normalized spacial score (nSPS) is 10.2. The molecule has 0 radical (unpaired) electrons. The highest BCUT2D eigenvalue weighted by molar-refractivity contribution is 5.94. The van der Waals surface area contributed by atoms with Crippen LogP contribution in [0.1, 0.15) is 16.1 Å². The fourth-order valence-electron chi connectivity index (χ4n) is 2.28. The lowest BCUT2D eigenvalue weighted by Gasteiger charge is -2.02. The largest absolute Gasteiger partial charge is 1.00 e. The summed E-state index contributed by atoms with van der Waals surface area (Å²) in [5.74, 6) is 0.129. The van der Waals surface area contributed by atoms with Crippen LogP contribution in [-0.4, -0.2) is 10.2 Å². The molecule has 3 rings (SSSR count). The third-order valence-electron chi connectivity index (χ3n) is 3.40. The van der Waals surface area contributed by atoms with Crippen LogP contribution in [0.15, 0.2) is 61.1 Å². The van der Waals surface area contributed by atoms with Crippen molar-refractivity contribution < 1.29 is 26.3 Å². The Labute approximate surface area is 128 Å². The summed E-state index contributed by atoms with van der Waals surface area (Å²) in [6, 6.07) is 13.5. The predicted octanol–water partition coefficient (Wildman–Crippen LogP) is -0.578. The van der Waals surface area contributed by atoms with Gasteiger partial charge in [0.15, 0.2) is 6.20 Å². The summed E-state index contributed by atoms with van der Waals surface area (Å²) in [6.45, 7) is 2.41. The zero-order chi connectivity index (χ0) is 13.2. The molecule has 3 nitrogen and oxygen atoms in total. The number of carbonyl (C=O) groups excluding carboxylic acids is 1.